The number of hydrogen-bond acceptors (Lipinski definition) is 3. The van der Waals surface area contributed by atoms with Crippen LogP contribution >= 0.6 is 0 Å². The summed E-state index contributed by atoms with van der Waals surface area (Å²) in [4.78, 5) is 0. The maximum atomic E-state index is 5.86. The average molecular weight is 689 g/mol. The van der Waals surface area contributed by atoms with Gasteiger partial charge in [-0.05, 0) is 131 Å². The molecule has 3 heteroatoms. The van der Waals surface area contributed by atoms with Gasteiger partial charge in [0.05, 0.1) is 7.11 Å². The second-order valence-corrected chi connectivity index (χ2v) is 10.6. The van der Waals surface area contributed by atoms with Crippen molar-refractivity contribution in [3.8, 4) is 159 Å². The minimum absolute atomic E-state index is 0.568. The Morgan fingerprint density at radius 1 is 0.500 bits per heavy atom. The summed E-state index contributed by atoms with van der Waals surface area (Å²) >= 11 is 0. The minimum atomic E-state index is 0.568. The fourth-order valence-corrected chi connectivity index (χ4v) is 4.79. The van der Waals surface area contributed by atoms with E-state index in [9.17, 15) is 0 Å². The molecule has 0 heterocycles. The van der Waals surface area contributed by atoms with Gasteiger partial charge in [0.1, 0.15) is 29.5 Å². The van der Waals surface area contributed by atoms with Crippen molar-refractivity contribution in [2.45, 2.75) is 13.8 Å². The molecule has 0 radical (unpaired) electrons. The van der Waals surface area contributed by atoms with Crippen molar-refractivity contribution in [1.82, 2.24) is 0 Å². The highest BCUT2D eigenvalue weighted by Gasteiger charge is 2.12. The highest BCUT2D eigenvalue weighted by atomic mass is 16.5. The second-order valence-electron chi connectivity index (χ2n) is 10.6. The Morgan fingerprint density at radius 2 is 1.00 bits per heavy atom. The van der Waals surface area contributed by atoms with Gasteiger partial charge in [-0.1, -0.05) is 72.3 Å². The number of aryl methyl sites for hydroxylation is 1. The maximum Gasteiger partial charge on any atom is 0.140 e. The Morgan fingerprint density at radius 3 is 1.52 bits per heavy atom. The van der Waals surface area contributed by atoms with Crippen LogP contribution in [0.2, 0.25) is 0 Å². The molecule has 250 valence electrons. The zero-order valence-corrected chi connectivity index (χ0v) is 29.7. The first-order valence-corrected chi connectivity index (χ1v) is 16.2. The van der Waals surface area contributed by atoms with E-state index in [0.717, 1.165) is 50.3 Å². The van der Waals surface area contributed by atoms with Gasteiger partial charge in [-0.25, -0.2) is 0 Å². The van der Waals surface area contributed by atoms with Crippen molar-refractivity contribution >= 4 is 18.2 Å². The summed E-state index contributed by atoms with van der Waals surface area (Å²) in [6, 6.07) is 25.8. The molecule has 0 aliphatic rings. The Balaban J connectivity index is 1.64. The fourth-order valence-electron chi connectivity index (χ4n) is 4.79. The highest BCUT2D eigenvalue weighted by Crippen LogP contribution is 2.35. The Hall–Kier alpha value is -8.64. The van der Waals surface area contributed by atoms with Gasteiger partial charge in [0.15, 0.2) is 0 Å². The predicted octanol–water partition coefficient (Wildman–Crippen LogP) is 8.51. The molecule has 0 saturated heterocycles. The monoisotopic (exact) mass is 688 g/mol. The second kappa shape index (κ2) is 21.4. The first-order chi connectivity index (χ1) is 26.6. The van der Waals surface area contributed by atoms with E-state index in [1.165, 1.54) is 0 Å². The molecule has 0 amide bonds. The predicted molar refractivity (Wildman–Crippen MR) is 220 cm³/mol. The quantitative estimate of drug-likeness (QED) is 0.137. The first-order valence-electron chi connectivity index (χ1n) is 16.2. The number of hydrogen-bond donors (Lipinski definition) is 0. The number of benzene rings is 4. The van der Waals surface area contributed by atoms with Crippen molar-refractivity contribution in [3.05, 3.63) is 107 Å². The van der Waals surface area contributed by atoms with E-state index in [2.05, 4.69) is 144 Å². The van der Waals surface area contributed by atoms with Gasteiger partial charge in [-0.3, -0.25) is 0 Å². The standard InChI is InChI=1S/C51H28O3/c1-6-9-11-13-15-17-19-21-34-53-47-28-23-26-44(37-47)49-36-41(4)30-31-42(49)32-33-46-39-50(43(25-8-3)40-51(46)52-5)45-27-24-29-48(38-45)54-35-22-20-18-16-14-12-10-7-2/h1-2,8,23-33,36-40H,3-5H3. The van der Waals surface area contributed by atoms with E-state index in [1.54, 1.807) is 7.11 Å². The van der Waals surface area contributed by atoms with Crippen molar-refractivity contribution < 1.29 is 14.2 Å². The van der Waals surface area contributed by atoms with Crippen LogP contribution in [0.15, 0.2) is 84.9 Å². The SMILES string of the molecule is C#CC#CC#CC#CC#COc1cccc(-c2cc(C)ccc2C=Cc2cc(-c3cccc(OC#CC#CC#CC#CC#C)c3)c(C=CC)cc2OC)c1. The Labute approximate surface area is 318 Å². The van der Waals surface area contributed by atoms with Crippen LogP contribution in [-0.2, 0) is 0 Å². The van der Waals surface area contributed by atoms with Gasteiger partial charge in [0, 0.05) is 52.9 Å². The van der Waals surface area contributed by atoms with Crippen molar-refractivity contribution in [1.29, 1.82) is 0 Å². The topological polar surface area (TPSA) is 27.7 Å². The van der Waals surface area contributed by atoms with Crippen LogP contribution in [0.3, 0.4) is 0 Å². The lowest BCUT2D eigenvalue weighted by Crippen LogP contribution is -1.93. The summed E-state index contributed by atoms with van der Waals surface area (Å²) in [7, 11) is 1.67. The molecule has 4 aromatic rings. The molecular weight excluding hydrogens is 661 g/mol. The molecule has 0 N–H and O–H groups in total. The summed E-state index contributed by atoms with van der Waals surface area (Å²) in [5, 5.41) is 0. The van der Waals surface area contributed by atoms with E-state index in [0.29, 0.717) is 11.5 Å². The van der Waals surface area contributed by atoms with E-state index in [-0.39, 0.29) is 0 Å². The number of methoxy groups -OCH3 is 1. The summed E-state index contributed by atoms with van der Waals surface area (Å²) < 4.78 is 17.2. The third-order valence-corrected chi connectivity index (χ3v) is 7.02. The summed E-state index contributed by atoms with van der Waals surface area (Å²) in [6.07, 6.45) is 23.5. The van der Waals surface area contributed by atoms with Gasteiger partial charge >= 0.3 is 0 Å². The van der Waals surface area contributed by atoms with Crippen molar-refractivity contribution in [2.24, 2.45) is 0 Å². The highest BCUT2D eigenvalue weighted by molar-refractivity contribution is 5.86. The number of ether oxygens (including phenoxy) is 3. The lowest BCUT2D eigenvalue weighted by Gasteiger charge is -2.14. The zero-order chi connectivity index (χ0) is 38.2. The molecule has 4 aromatic carbocycles. The van der Waals surface area contributed by atoms with Crippen molar-refractivity contribution in [3.63, 3.8) is 0 Å². The minimum Gasteiger partial charge on any atom is -0.496 e. The van der Waals surface area contributed by atoms with Crippen LogP contribution < -0.4 is 14.2 Å². The third-order valence-electron chi connectivity index (χ3n) is 7.02. The average Bonchev–Trinajstić information content (AvgIpc) is 3.19. The zero-order valence-electron chi connectivity index (χ0n) is 29.7. The van der Waals surface area contributed by atoms with Crippen LogP contribution in [0.5, 0.6) is 17.2 Å². The van der Waals surface area contributed by atoms with Crippen LogP contribution in [0.4, 0.5) is 0 Å². The molecule has 3 nitrogen and oxygen atoms in total. The molecule has 0 fully saturated rings. The van der Waals surface area contributed by atoms with Crippen LogP contribution in [-0.4, -0.2) is 7.11 Å². The number of terminal acetylenes is 2. The maximum absolute atomic E-state index is 5.86. The molecule has 0 spiro atoms. The largest absolute Gasteiger partial charge is 0.496 e. The van der Waals surface area contributed by atoms with Crippen LogP contribution in [0.1, 0.15) is 29.2 Å². The normalized spacial score (nSPS) is 8.76. The van der Waals surface area contributed by atoms with Gasteiger partial charge in [-0.15, -0.1) is 12.8 Å². The molecule has 0 aliphatic heterocycles. The molecule has 4 rings (SSSR count). The van der Waals surface area contributed by atoms with E-state index in [1.807, 2.05) is 79.7 Å². The molecular formula is C51H28O3. The number of rotatable bonds is 8. The molecule has 0 unspecified atom stereocenters. The van der Waals surface area contributed by atoms with Gasteiger partial charge in [0.25, 0.3) is 0 Å². The van der Waals surface area contributed by atoms with E-state index >= 15 is 0 Å². The molecule has 54 heavy (non-hydrogen) atoms. The van der Waals surface area contributed by atoms with Crippen LogP contribution in [0.25, 0.3) is 40.5 Å². The lowest BCUT2D eigenvalue weighted by atomic mass is 9.94. The lowest BCUT2D eigenvalue weighted by molar-refractivity contribution is 0.414. The first kappa shape index (κ1) is 38.2. The van der Waals surface area contributed by atoms with Crippen LogP contribution in [0, 0.1) is 127 Å². The fraction of sp³-hybridized carbons (Fsp3) is 0.0588. The Kier molecular flexibility index (Phi) is 15.2. The molecule has 0 bridgehead atoms. The Bertz CT molecular complexity index is 2740. The van der Waals surface area contributed by atoms with E-state index < -0.39 is 0 Å². The molecule has 0 atom stereocenters. The molecule has 0 aromatic heterocycles. The molecule has 0 saturated carbocycles. The molecule has 0 aliphatic carbocycles. The summed E-state index contributed by atoms with van der Waals surface area (Å²) in [5.41, 5.74) is 7.91. The third kappa shape index (κ3) is 12.0. The van der Waals surface area contributed by atoms with Gasteiger partial charge in [0.2, 0.25) is 0 Å². The summed E-state index contributed by atoms with van der Waals surface area (Å²) in [6.45, 7) is 4.03. The summed E-state index contributed by atoms with van der Waals surface area (Å²) in [5.74, 6) is 41.7. The van der Waals surface area contributed by atoms with Gasteiger partial charge in [-0.2, -0.15) is 0 Å². The van der Waals surface area contributed by atoms with Crippen molar-refractivity contribution in [2.75, 3.05) is 7.11 Å². The van der Waals surface area contributed by atoms with E-state index in [4.69, 9.17) is 27.1 Å². The smallest absolute Gasteiger partial charge is 0.140 e. The number of allylic oxidation sites excluding steroid dienone is 1. The van der Waals surface area contributed by atoms with Gasteiger partial charge < -0.3 is 14.2 Å².